The second kappa shape index (κ2) is 9.99. The predicted octanol–water partition coefficient (Wildman–Crippen LogP) is 8.37. The SMILES string of the molecule is C=CCCC1CCC2CC(c3ccc(C#Cc4ccc(C(F)(F)F)cc4)cc3)CCC2C1. The van der Waals surface area contributed by atoms with Crippen LogP contribution in [-0.4, -0.2) is 0 Å². The number of halogens is 3. The van der Waals surface area contributed by atoms with E-state index in [2.05, 4.69) is 36.6 Å². The zero-order valence-electron chi connectivity index (χ0n) is 18.5. The molecule has 2 aliphatic rings. The molecule has 0 heterocycles. The van der Waals surface area contributed by atoms with Gasteiger partial charge in [-0.3, -0.25) is 0 Å². The van der Waals surface area contributed by atoms with Gasteiger partial charge in [0.1, 0.15) is 0 Å². The molecule has 2 fully saturated rings. The summed E-state index contributed by atoms with van der Waals surface area (Å²) in [4.78, 5) is 0. The molecule has 0 amide bonds. The second-order valence-electron chi connectivity index (χ2n) is 9.52. The van der Waals surface area contributed by atoms with Gasteiger partial charge in [-0.1, -0.05) is 36.5 Å². The van der Waals surface area contributed by atoms with Gasteiger partial charge in [-0.15, -0.1) is 6.58 Å². The molecule has 0 radical (unpaired) electrons. The summed E-state index contributed by atoms with van der Waals surface area (Å²) in [7, 11) is 0. The van der Waals surface area contributed by atoms with Gasteiger partial charge in [0.05, 0.1) is 5.56 Å². The average molecular weight is 437 g/mol. The van der Waals surface area contributed by atoms with Crippen molar-refractivity contribution >= 4 is 0 Å². The monoisotopic (exact) mass is 436 g/mol. The third kappa shape index (κ3) is 5.66. The topological polar surface area (TPSA) is 0 Å². The Bertz CT molecular complexity index is 957. The lowest BCUT2D eigenvalue weighted by atomic mass is 9.63. The molecule has 2 aliphatic carbocycles. The molecule has 0 aromatic heterocycles. The molecule has 0 N–H and O–H groups in total. The van der Waals surface area contributed by atoms with Crippen molar-refractivity contribution in [3.05, 3.63) is 83.4 Å². The zero-order chi connectivity index (χ0) is 22.6. The van der Waals surface area contributed by atoms with E-state index in [1.165, 1.54) is 62.6 Å². The second-order valence-corrected chi connectivity index (χ2v) is 9.52. The van der Waals surface area contributed by atoms with Gasteiger partial charge in [-0.05, 0) is 111 Å². The summed E-state index contributed by atoms with van der Waals surface area (Å²) in [5.74, 6) is 9.36. The molecule has 168 valence electrons. The normalized spacial score (nSPS) is 25.3. The van der Waals surface area contributed by atoms with E-state index in [0.717, 1.165) is 41.9 Å². The minimum atomic E-state index is -4.31. The van der Waals surface area contributed by atoms with Crippen molar-refractivity contribution in [3.8, 4) is 11.8 Å². The van der Waals surface area contributed by atoms with E-state index in [1.807, 2.05) is 12.1 Å². The Balaban J connectivity index is 1.34. The summed E-state index contributed by atoms with van der Waals surface area (Å²) < 4.78 is 38.0. The van der Waals surface area contributed by atoms with E-state index in [0.29, 0.717) is 11.5 Å². The summed E-state index contributed by atoms with van der Waals surface area (Å²) >= 11 is 0. The van der Waals surface area contributed by atoms with Crippen LogP contribution in [0.4, 0.5) is 13.2 Å². The van der Waals surface area contributed by atoms with E-state index in [9.17, 15) is 13.2 Å². The maximum Gasteiger partial charge on any atom is 0.416 e. The van der Waals surface area contributed by atoms with Crippen LogP contribution in [0.2, 0.25) is 0 Å². The molecule has 4 atom stereocenters. The third-order valence-electron chi connectivity index (χ3n) is 7.45. The quantitative estimate of drug-likeness (QED) is 0.334. The van der Waals surface area contributed by atoms with Crippen molar-refractivity contribution in [2.24, 2.45) is 17.8 Å². The zero-order valence-corrected chi connectivity index (χ0v) is 18.5. The first kappa shape index (κ1) is 22.7. The summed E-state index contributed by atoms with van der Waals surface area (Å²) in [6.45, 7) is 3.87. The Labute approximate surface area is 189 Å². The van der Waals surface area contributed by atoms with Crippen molar-refractivity contribution in [3.63, 3.8) is 0 Å². The maximum absolute atomic E-state index is 12.7. The van der Waals surface area contributed by atoms with Crippen molar-refractivity contribution in [1.82, 2.24) is 0 Å². The molecule has 2 aromatic rings. The van der Waals surface area contributed by atoms with Crippen LogP contribution in [0.25, 0.3) is 0 Å². The lowest BCUT2D eigenvalue weighted by Crippen LogP contribution is -2.30. The number of hydrogen-bond donors (Lipinski definition) is 0. The van der Waals surface area contributed by atoms with Crippen LogP contribution in [0.3, 0.4) is 0 Å². The molecule has 0 nitrogen and oxygen atoms in total. The van der Waals surface area contributed by atoms with E-state index >= 15 is 0 Å². The molecule has 0 bridgehead atoms. The van der Waals surface area contributed by atoms with Gasteiger partial charge in [0, 0.05) is 11.1 Å². The lowest BCUT2D eigenvalue weighted by molar-refractivity contribution is -0.137. The Hall–Kier alpha value is -2.47. The molecule has 32 heavy (non-hydrogen) atoms. The standard InChI is InChI=1S/C29H31F3/c1-2-3-4-23-9-14-27-20-26(16-15-25(27)19-23)24-12-7-21(8-13-24)5-6-22-10-17-28(18-11-22)29(30,31)32/h2,7-8,10-13,17-18,23,25-27H,1,3-4,9,14-16,19-20H2. The highest BCUT2D eigenvalue weighted by atomic mass is 19.4. The summed E-state index contributed by atoms with van der Waals surface area (Å²) in [5.41, 5.74) is 2.24. The van der Waals surface area contributed by atoms with E-state index in [4.69, 9.17) is 0 Å². The number of rotatable bonds is 4. The first-order valence-electron chi connectivity index (χ1n) is 11.8. The van der Waals surface area contributed by atoms with E-state index < -0.39 is 11.7 Å². The fourth-order valence-electron chi connectivity index (χ4n) is 5.63. The van der Waals surface area contributed by atoms with E-state index in [1.54, 1.807) is 0 Å². The van der Waals surface area contributed by atoms with Gasteiger partial charge in [0.25, 0.3) is 0 Å². The minimum Gasteiger partial charge on any atom is -0.166 e. The number of benzene rings is 2. The van der Waals surface area contributed by atoms with Crippen molar-refractivity contribution < 1.29 is 13.2 Å². The first-order valence-corrected chi connectivity index (χ1v) is 11.8. The van der Waals surface area contributed by atoms with Crippen LogP contribution < -0.4 is 0 Å². The van der Waals surface area contributed by atoms with Gasteiger partial charge >= 0.3 is 6.18 Å². The van der Waals surface area contributed by atoms with Crippen LogP contribution in [-0.2, 0) is 6.18 Å². The number of alkyl halides is 3. The van der Waals surface area contributed by atoms with Crippen molar-refractivity contribution in [2.45, 2.75) is 63.5 Å². The van der Waals surface area contributed by atoms with Crippen molar-refractivity contribution in [1.29, 1.82) is 0 Å². The fourth-order valence-corrected chi connectivity index (χ4v) is 5.63. The molecule has 4 unspecified atom stereocenters. The fraction of sp³-hybridized carbons (Fsp3) is 0.448. The van der Waals surface area contributed by atoms with E-state index in [-0.39, 0.29) is 0 Å². The van der Waals surface area contributed by atoms with Crippen LogP contribution in [0.15, 0.2) is 61.2 Å². The highest BCUT2D eigenvalue weighted by Crippen LogP contribution is 2.48. The third-order valence-corrected chi connectivity index (χ3v) is 7.45. The Morgan fingerprint density at radius 2 is 1.41 bits per heavy atom. The first-order chi connectivity index (χ1) is 15.4. The molecule has 0 saturated heterocycles. The van der Waals surface area contributed by atoms with Crippen LogP contribution in [0, 0.1) is 29.6 Å². The number of hydrogen-bond acceptors (Lipinski definition) is 0. The Kier molecular flexibility index (Phi) is 7.09. The van der Waals surface area contributed by atoms with Gasteiger partial charge in [0.2, 0.25) is 0 Å². The van der Waals surface area contributed by atoms with Gasteiger partial charge in [0.15, 0.2) is 0 Å². The van der Waals surface area contributed by atoms with Crippen LogP contribution in [0.5, 0.6) is 0 Å². The molecular weight excluding hydrogens is 405 g/mol. The lowest BCUT2D eigenvalue weighted by Gasteiger charge is -2.42. The molecule has 3 heteroatoms. The van der Waals surface area contributed by atoms with Crippen LogP contribution in [0.1, 0.15) is 79.5 Å². The smallest absolute Gasteiger partial charge is 0.166 e. The number of fused-ring (bicyclic) bond motifs is 1. The number of allylic oxidation sites excluding steroid dienone is 1. The Morgan fingerprint density at radius 1 is 0.812 bits per heavy atom. The highest BCUT2D eigenvalue weighted by Gasteiger charge is 2.35. The molecule has 2 aromatic carbocycles. The van der Waals surface area contributed by atoms with Gasteiger partial charge < -0.3 is 0 Å². The maximum atomic E-state index is 12.7. The largest absolute Gasteiger partial charge is 0.416 e. The summed E-state index contributed by atoms with van der Waals surface area (Å²) in [6.07, 6.45) is 8.27. The summed E-state index contributed by atoms with van der Waals surface area (Å²) in [5, 5.41) is 0. The minimum absolute atomic E-state index is 0.587. The van der Waals surface area contributed by atoms with Crippen LogP contribution >= 0.6 is 0 Å². The molecule has 4 rings (SSSR count). The molecular formula is C29H31F3. The average Bonchev–Trinajstić information content (AvgIpc) is 2.81. The predicted molar refractivity (Wildman–Crippen MR) is 124 cm³/mol. The summed E-state index contributed by atoms with van der Waals surface area (Å²) in [6, 6.07) is 13.5. The molecule has 0 spiro atoms. The van der Waals surface area contributed by atoms with Crippen molar-refractivity contribution in [2.75, 3.05) is 0 Å². The van der Waals surface area contributed by atoms with Gasteiger partial charge in [-0.2, -0.15) is 13.2 Å². The molecule has 0 aliphatic heterocycles. The Morgan fingerprint density at radius 3 is 2.03 bits per heavy atom. The highest BCUT2D eigenvalue weighted by molar-refractivity contribution is 5.44. The van der Waals surface area contributed by atoms with Gasteiger partial charge in [-0.25, -0.2) is 0 Å². The molecule has 2 saturated carbocycles.